The van der Waals surface area contributed by atoms with E-state index in [9.17, 15) is 8.42 Å². The summed E-state index contributed by atoms with van der Waals surface area (Å²) in [5, 5.41) is 8.33. The first kappa shape index (κ1) is 12.7. The number of benzene rings is 2. The quantitative estimate of drug-likeness (QED) is 0.726. The molecule has 0 unspecified atom stereocenters. The Morgan fingerprint density at radius 1 is 0.950 bits per heavy atom. The third kappa shape index (κ3) is 2.06. The van der Waals surface area contributed by atoms with Crippen LogP contribution in [0.4, 0.5) is 0 Å². The van der Waals surface area contributed by atoms with Gasteiger partial charge in [0.1, 0.15) is 4.90 Å². The van der Waals surface area contributed by atoms with Gasteiger partial charge in [-0.05, 0) is 25.1 Å². The predicted molar refractivity (Wildman–Crippen MR) is 76.2 cm³/mol. The van der Waals surface area contributed by atoms with E-state index in [2.05, 4.69) is 10.2 Å². The maximum absolute atomic E-state index is 12.7. The fourth-order valence-electron chi connectivity index (χ4n) is 2.04. The third-order valence-corrected chi connectivity index (χ3v) is 4.93. The number of fused-ring (bicyclic) bond motifs is 1. The van der Waals surface area contributed by atoms with Crippen LogP contribution in [0.2, 0.25) is 0 Å². The molecular formula is C15H12N2O2S. The molecule has 0 aliphatic carbocycles. The number of aryl methyl sites for hydroxylation is 1. The lowest BCUT2D eigenvalue weighted by molar-refractivity contribution is 0.596. The molecule has 0 N–H and O–H groups in total. The summed E-state index contributed by atoms with van der Waals surface area (Å²) in [5.41, 5.74) is 1.59. The summed E-state index contributed by atoms with van der Waals surface area (Å²) in [5.74, 6) is 0. The fourth-order valence-corrected chi connectivity index (χ4v) is 3.44. The normalized spacial score (nSPS) is 11.7. The van der Waals surface area contributed by atoms with Crippen molar-refractivity contribution in [2.75, 3.05) is 0 Å². The van der Waals surface area contributed by atoms with Gasteiger partial charge in [-0.25, -0.2) is 8.42 Å². The third-order valence-electron chi connectivity index (χ3n) is 3.13. The molecule has 0 atom stereocenters. The molecule has 2 aromatic carbocycles. The highest BCUT2D eigenvalue weighted by atomic mass is 32.2. The van der Waals surface area contributed by atoms with E-state index in [0.29, 0.717) is 10.9 Å². The zero-order valence-corrected chi connectivity index (χ0v) is 11.6. The molecule has 100 valence electrons. The lowest BCUT2D eigenvalue weighted by Gasteiger charge is -2.07. The first-order valence-electron chi connectivity index (χ1n) is 6.11. The summed E-state index contributed by atoms with van der Waals surface area (Å²) in [6.45, 7) is 1.92. The van der Waals surface area contributed by atoms with Crippen LogP contribution in [-0.2, 0) is 9.84 Å². The van der Waals surface area contributed by atoms with Gasteiger partial charge in [-0.2, -0.15) is 10.2 Å². The van der Waals surface area contributed by atoms with E-state index >= 15 is 0 Å². The number of hydrogen-bond acceptors (Lipinski definition) is 4. The highest BCUT2D eigenvalue weighted by Crippen LogP contribution is 2.26. The van der Waals surface area contributed by atoms with Gasteiger partial charge in [-0.1, -0.05) is 35.9 Å². The van der Waals surface area contributed by atoms with E-state index in [1.165, 1.54) is 6.20 Å². The van der Waals surface area contributed by atoms with Crippen molar-refractivity contribution in [1.29, 1.82) is 0 Å². The maximum atomic E-state index is 12.7. The minimum Gasteiger partial charge on any atom is -0.218 e. The molecule has 4 nitrogen and oxygen atoms in total. The van der Waals surface area contributed by atoms with Gasteiger partial charge < -0.3 is 0 Å². The largest absolute Gasteiger partial charge is 0.218 e. The molecule has 5 heteroatoms. The van der Waals surface area contributed by atoms with Gasteiger partial charge in [0.05, 0.1) is 16.6 Å². The van der Waals surface area contributed by atoms with Crippen LogP contribution in [0.3, 0.4) is 0 Å². The van der Waals surface area contributed by atoms with Crippen molar-refractivity contribution in [3.8, 4) is 0 Å². The van der Waals surface area contributed by atoms with Crippen LogP contribution >= 0.6 is 0 Å². The van der Waals surface area contributed by atoms with Gasteiger partial charge in [0.15, 0.2) is 0 Å². The Labute approximate surface area is 117 Å². The van der Waals surface area contributed by atoms with Gasteiger partial charge in [0.2, 0.25) is 9.84 Å². The number of nitrogens with zero attached hydrogens (tertiary/aromatic N) is 2. The van der Waals surface area contributed by atoms with Crippen molar-refractivity contribution in [3.63, 3.8) is 0 Å². The van der Waals surface area contributed by atoms with Crippen LogP contribution in [0.15, 0.2) is 64.5 Å². The molecular weight excluding hydrogens is 272 g/mol. The highest BCUT2D eigenvalue weighted by Gasteiger charge is 2.20. The molecule has 20 heavy (non-hydrogen) atoms. The van der Waals surface area contributed by atoms with Crippen molar-refractivity contribution >= 4 is 20.7 Å². The second-order valence-corrected chi connectivity index (χ2v) is 6.46. The predicted octanol–water partition coefficient (Wildman–Crippen LogP) is 2.77. The summed E-state index contributed by atoms with van der Waals surface area (Å²) in [7, 11) is -3.58. The van der Waals surface area contributed by atoms with Crippen molar-refractivity contribution in [3.05, 3.63) is 60.3 Å². The summed E-state index contributed by atoms with van der Waals surface area (Å²) >= 11 is 0. The van der Waals surface area contributed by atoms with E-state index in [1.54, 1.807) is 48.5 Å². The van der Waals surface area contributed by atoms with Crippen LogP contribution < -0.4 is 0 Å². The summed E-state index contributed by atoms with van der Waals surface area (Å²) < 4.78 is 25.4. The minimum absolute atomic E-state index is 0.187. The van der Waals surface area contributed by atoms with Crippen molar-refractivity contribution in [2.24, 2.45) is 0 Å². The average molecular weight is 284 g/mol. The Morgan fingerprint density at radius 3 is 2.40 bits per heavy atom. The zero-order valence-electron chi connectivity index (χ0n) is 10.8. The zero-order chi connectivity index (χ0) is 14.2. The van der Waals surface area contributed by atoms with Gasteiger partial charge in [0.25, 0.3) is 0 Å². The molecule has 0 bridgehead atoms. The molecule has 3 rings (SSSR count). The standard InChI is InChI=1S/C15H12N2O2S/c1-11-6-8-12(9-7-11)20(18,19)15-10-16-17-14-5-3-2-4-13(14)15/h2-10H,1H3. The molecule has 0 aliphatic rings. The smallest absolute Gasteiger partial charge is 0.208 e. The van der Waals surface area contributed by atoms with Crippen LogP contribution in [0.1, 0.15) is 5.56 Å². The number of aromatic nitrogens is 2. The molecule has 0 radical (unpaired) electrons. The van der Waals surface area contributed by atoms with E-state index in [-0.39, 0.29) is 9.79 Å². The van der Waals surface area contributed by atoms with Crippen LogP contribution in [0.25, 0.3) is 10.9 Å². The van der Waals surface area contributed by atoms with Crippen molar-refractivity contribution in [1.82, 2.24) is 10.2 Å². The highest BCUT2D eigenvalue weighted by molar-refractivity contribution is 7.91. The first-order chi connectivity index (χ1) is 9.59. The Kier molecular flexibility index (Phi) is 2.99. The SMILES string of the molecule is Cc1ccc(S(=O)(=O)c2cnnc3ccccc23)cc1. The van der Waals surface area contributed by atoms with E-state index in [0.717, 1.165) is 5.56 Å². The topological polar surface area (TPSA) is 59.9 Å². The molecule has 0 saturated heterocycles. The summed E-state index contributed by atoms with van der Waals surface area (Å²) in [4.78, 5) is 0.452. The number of rotatable bonds is 2. The molecule has 1 aromatic heterocycles. The van der Waals surface area contributed by atoms with E-state index in [1.807, 2.05) is 6.92 Å². The lowest BCUT2D eigenvalue weighted by atomic mass is 10.2. The molecule has 0 spiro atoms. The maximum Gasteiger partial charge on any atom is 0.208 e. The van der Waals surface area contributed by atoms with Gasteiger partial charge in [-0.15, -0.1) is 0 Å². The van der Waals surface area contributed by atoms with Gasteiger partial charge >= 0.3 is 0 Å². The minimum atomic E-state index is -3.58. The van der Waals surface area contributed by atoms with E-state index < -0.39 is 9.84 Å². The Hall–Kier alpha value is -2.27. The van der Waals surface area contributed by atoms with Crippen molar-refractivity contribution in [2.45, 2.75) is 16.7 Å². The molecule has 0 saturated carbocycles. The van der Waals surface area contributed by atoms with Crippen LogP contribution in [-0.4, -0.2) is 18.6 Å². The summed E-state index contributed by atoms with van der Waals surface area (Å²) in [6, 6.07) is 13.9. The Morgan fingerprint density at radius 2 is 1.65 bits per heavy atom. The molecule has 0 fully saturated rings. The molecule has 0 amide bonds. The average Bonchev–Trinajstić information content (AvgIpc) is 2.47. The Bertz CT molecular complexity index is 867. The second kappa shape index (κ2) is 4.68. The van der Waals surface area contributed by atoms with Crippen LogP contribution in [0.5, 0.6) is 0 Å². The lowest BCUT2D eigenvalue weighted by Crippen LogP contribution is -2.04. The number of hydrogen-bond donors (Lipinski definition) is 0. The second-order valence-electron chi connectivity index (χ2n) is 4.54. The first-order valence-corrected chi connectivity index (χ1v) is 7.59. The molecule has 1 heterocycles. The number of sulfone groups is 1. The van der Waals surface area contributed by atoms with Crippen molar-refractivity contribution < 1.29 is 8.42 Å². The summed E-state index contributed by atoms with van der Waals surface area (Å²) in [6.07, 6.45) is 1.30. The monoisotopic (exact) mass is 284 g/mol. The van der Waals surface area contributed by atoms with Gasteiger partial charge in [0, 0.05) is 5.39 Å². The van der Waals surface area contributed by atoms with E-state index in [4.69, 9.17) is 0 Å². The van der Waals surface area contributed by atoms with Gasteiger partial charge in [-0.3, -0.25) is 0 Å². The molecule has 0 aliphatic heterocycles. The fraction of sp³-hybridized carbons (Fsp3) is 0.0667. The van der Waals surface area contributed by atoms with Crippen LogP contribution in [0, 0.1) is 6.92 Å². The Balaban J connectivity index is 2.27. The molecule has 3 aromatic rings.